The van der Waals surface area contributed by atoms with Gasteiger partial charge in [0.15, 0.2) is 5.78 Å². The number of rotatable bonds is 4. The highest BCUT2D eigenvalue weighted by molar-refractivity contribution is 5.91. The van der Waals surface area contributed by atoms with Gasteiger partial charge in [-0.3, -0.25) is 14.4 Å². The van der Waals surface area contributed by atoms with Gasteiger partial charge in [0.2, 0.25) is 11.8 Å². The second-order valence-electron chi connectivity index (χ2n) is 5.45. The van der Waals surface area contributed by atoms with Crippen LogP contribution < -0.4 is 10.6 Å². The lowest BCUT2D eigenvalue weighted by molar-refractivity contribution is -0.131. The predicted octanol–water partition coefficient (Wildman–Crippen LogP) is 0.244. The summed E-state index contributed by atoms with van der Waals surface area (Å²) in [4.78, 5) is 34.4. The van der Waals surface area contributed by atoms with E-state index in [1.54, 1.807) is 20.8 Å². The fraction of sp³-hybridized carbons (Fsp3) is 0.750. The van der Waals surface area contributed by atoms with Crippen molar-refractivity contribution in [2.45, 2.75) is 33.6 Å². The van der Waals surface area contributed by atoms with Crippen LogP contribution in [0.2, 0.25) is 0 Å². The maximum Gasteiger partial charge on any atom is 0.225 e. The molecule has 96 valence electrons. The van der Waals surface area contributed by atoms with Crippen molar-refractivity contribution in [1.29, 1.82) is 0 Å². The molecule has 1 rings (SSSR count). The summed E-state index contributed by atoms with van der Waals surface area (Å²) in [6, 6.07) is 0. The first-order valence-corrected chi connectivity index (χ1v) is 5.88. The molecule has 0 aromatic heterocycles. The Kier molecular flexibility index (Phi) is 4.26. The fourth-order valence-electron chi connectivity index (χ4n) is 1.63. The summed E-state index contributed by atoms with van der Waals surface area (Å²) in [5.74, 6) is -0.513. The molecule has 17 heavy (non-hydrogen) atoms. The van der Waals surface area contributed by atoms with Crippen molar-refractivity contribution in [2.24, 2.45) is 11.3 Å². The van der Waals surface area contributed by atoms with E-state index in [0.717, 1.165) is 0 Å². The smallest absolute Gasteiger partial charge is 0.225 e. The van der Waals surface area contributed by atoms with Gasteiger partial charge in [0.05, 0.1) is 6.54 Å². The molecule has 0 aromatic rings. The van der Waals surface area contributed by atoms with Crippen LogP contribution in [0.15, 0.2) is 0 Å². The van der Waals surface area contributed by atoms with E-state index in [2.05, 4.69) is 10.6 Å². The van der Waals surface area contributed by atoms with Crippen LogP contribution in [0.4, 0.5) is 0 Å². The molecule has 1 atom stereocenters. The van der Waals surface area contributed by atoms with Crippen LogP contribution in [0.25, 0.3) is 0 Å². The van der Waals surface area contributed by atoms with Gasteiger partial charge in [-0.25, -0.2) is 0 Å². The first kappa shape index (κ1) is 13.7. The minimum atomic E-state index is -0.495. The standard InChI is InChI=1S/C12H20N2O3/c1-12(2,3)11(17)14-7-9(15)6-8-4-5-13-10(8)16/h8H,4-7H2,1-3H3,(H,13,16)(H,14,17)/t8-/m0/s1. The molecular formula is C12H20N2O3. The van der Waals surface area contributed by atoms with E-state index in [1.807, 2.05) is 0 Å². The van der Waals surface area contributed by atoms with E-state index in [9.17, 15) is 14.4 Å². The first-order valence-electron chi connectivity index (χ1n) is 5.88. The number of hydrogen-bond donors (Lipinski definition) is 2. The highest BCUT2D eigenvalue weighted by Crippen LogP contribution is 2.14. The predicted molar refractivity (Wildman–Crippen MR) is 63.2 cm³/mol. The zero-order chi connectivity index (χ0) is 13.1. The molecular weight excluding hydrogens is 220 g/mol. The Hall–Kier alpha value is -1.39. The summed E-state index contributed by atoms with van der Waals surface area (Å²) in [5, 5.41) is 5.28. The van der Waals surface area contributed by atoms with E-state index in [4.69, 9.17) is 0 Å². The third-order valence-electron chi connectivity index (χ3n) is 2.76. The van der Waals surface area contributed by atoms with E-state index in [0.29, 0.717) is 13.0 Å². The molecule has 2 N–H and O–H groups in total. The number of ketones is 1. The summed E-state index contributed by atoms with van der Waals surface area (Å²) in [6.45, 7) is 6.02. The monoisotopic (exact) mass is 240 g/mol. The van der Waals surface area contributed by atoms with Gasteiger partial charge in [0.1, 0.15) is 0 Å². The van der Waals surface area contributed by atoms with E-state index < -0.39 is 5.41 Å². The Morgan fingerprint density at radius 3 is 2.53 bits per heavy atom. The van der Waals surface area contributed by atoms with Gasteiger partial charge in [-0.05, 0) is 6.42 Å². The second-order valence-corrected chi connectivity index (χ2v) is 5.45. The van der Waals surface area contributed by atoms with E-state index >= 15 is 0 Å². The molecule has 0 spiro atoms. The van der Waals surface area contributed by atoms with Gasteiger partial charge in [-0.2, -0.15) is 0 Å². The Bertz CT molecular complexity index is 331. The number of hydrogen-bond acceptors (Lipinski definition) is 3. The van der Waals surface area contributed by atoms with Gasteiger partial charge < -0.3 is 10.6 Å². The third-order valence-corrected chi connectivity index (χ3v) is 2.76. The van der Waals surface area contributed by atoms with Crippen molar-refractivity contribution in [3.63, 3.8) is 0 Å². The average Bonchev–Trinajstić information content (AvgIpc) is 2.59. The van der Waals surface area contributed by atoms with Crippen LogP contribution in [-0.2, 0) is 14.4 Å². The molecule has 1 saturated heterocycles. The number of carbonyl (C=O) groups is 3. The molecule has 0 aliphatic carbocycles. The lowest BCUT2D eigenvalue weighted by Crippen LogP contribution is -2.38. The lowest BCUT2D eigenvalue weighted by Gasteiger charge is -2.17. The Morgan fingerprint density at radius 1 is 1.41 bits per heavy atom. The van der Waals surface area contributed by atoms with Crippen LogP contribution in [0, 0.1) is 11.3 Å². The van der Waals surface area contributed by atoms with E-state index in [-0.39, 0.29) is 36.5 Å². The molecule has 0 radical (unpaired) electrons. The highest BCUT2D eigenvalue weighted by atomic mass is 16.2. The van der Waals surface area contributed by atoms with Gasteiger partial charge in [0.25, 0.3) is 0 Å². The molecule has 1 aliphatic heterocycles. The maximum absolute atomic E-state index is 11.6. The summed E-state index contributed by atoms with van der Waals surface area (Å²) in [5.41, 5.74) is -0.495. The SMILES string of the molecule is CC(C)(C)C(=O)NCC(=O)C[C@@H]1CCNC1=O. The molecule has 0 aromatic carbocycles. The van der Waals surface area contributed by atoms with E-state index in [1.165, 1.54) is 0 Å². The second kappa shape index (κ2) is 5.29. The Balaban J connectivity index is 2.31. The molecule has 1 aliphatic rings. The topological polar surface area (TPSA) is 75.3 Å². The molecule has 5 nitrogen and oxygen atoms in total. The minimum Gasteiger partial charge on any atom is -0.356 e. The summed E-state index contributed by atoms with van der Waals surface area (Å²) < 4.78 is 0. The summed E-state index contributed by atoms with van der Waals surface area (Å²) in [7, 11) is 0. The van der Waals surface area contributed by atoms with Crippen molar-refractivity contribution in [2.75, 3.05) is 13.1 Å². The molecule has 2 amide bonds. The van der Waals surface area contributed by atoms with Crippen LogP contribution in [0.5, 0.6) is 0 Å². The lowest BCUT2D eigenvalue weighted by atomic mass is 9.95. The Morgan fingerprint density at radius 2 is 2.06 bits per heavy atom. The average molecular weight is 240 g/mol. The Labute approximate surface area is 101 Å². The van der Waals surface area contributed by atoms with Crippen LogP contribution in [0.1, 0.15) is 33.6 Å². The number of nitrogens with one attached hydrogen (secondary N) is 2. The number of Topliss-reactive ketones (excluding diaryl/α,β-unsaturated/α-hetero) is 1. The van der Waals surface area contributed by atoms with Gasteiger partial charge >= 0.3 is 0 Å². The summed E-state index contributed by atoms with van der Waals surface area (Å²) >= 11 is 0. The van der Waals surface area contributed by atoms with Gasteiger partial charge in [-0.1, -0.05) is 20.8 Å². The zero-order valence-corrected chi connectivity index (χ0v) is 10.6. The van der Waals surface area contributed by atoms with Crippen molar-refractivity contribution in [3.05, 3.63) is 0 Å². The highest BCUT2D eigenvalue weighted by Gasteiger charge is 2.27. The van der Waals surface area contributed by atoms with Crippen LogP contribution in [-0.4, -0.2) is 30.7 Å². The number of amides is 2. The largest absolute Gasteiger partial charge is 0.356 e. The normalized spacial score (nSPS) is 19.9. The molecule has 5 heteroatoms. The van der Waals surface area contributed by atoms with Crippen molar-refractivity contribution in [3.8, 4) is 0 Å². The molecule has 0 bridgehead atoms. The quantitative estimate of drug-likeness (QED) is 0.739. The van der Waals surface area contributed by atoms with Crippen LogP contribution in [0.3, 0.4) is 0 Å². The van der Waals surface area contributed by atoms with Crippen molar-refractivity contribution in [1.82, 2.24) is 10.6 Å². The van der Waals surface area contributed by atoms with Gasteiger partial charge in [-0.15, -0.1) is 0 Å². The van der Waals surface area contributed by atoms with Crippen LogP contribution >= 0.6 is 0 Å². The maximum atomic E-state index is 11.6. The first-order chi connectivity index (χ1) is 7.80. The van der Waals surface area contributed by atoms with Crippen molar-refractivity contribution >= 4 is 17.6 Å². The zero-order valence-electron chi connectivity index (χ0n) is 10.6. The van der Waals surface area contributed by atoms with Gasteiger partial charge in [0, 0.05) is 24.3 Å². The molecule has 0 unspecified atom stereocenters. The number of carbonyl (C=O) groups excluding carboxylic acids is 3. The summed E-state index contributed by atoms with van der Waals surface area (Å²) in [6.07, 6.45) is 0.925. The van der Waals surface area contributed by atoms with Crippen molar-refractivity contribution < 1.29 is 14.4 Å². The molecule has 0 saturated carbocycles. The third kappa shape index (κ3) is 4.17. The minimum absolute atomic E-state index is 0.0138. The molecule has 1 heterocycles. The molecule has 1 fully saturated rings. The fourth-order valence-corrected chi connectivity index (χ4v) is 1.63.